The lowest BCUT2D eigenvalue weighted by atomic mass is 10.0. The Morgan fingerprint density at radius 1 is 0.864 bits per heavy atom. The molecule has 3 aromatic carbocycles. The van der Waals surface area contributed by atoms with E-state index >= 15 is 0 Å². The zero-order valence-electron chi connectivity index (χ0n) is 32.2. The Morgan fingerprint density at radius 2 is 1.61 bits per heavy atom. The van der Waals surface area contributed by atoms with Gasteiger partial charge in [-0.3, -0.25) is 39.1 Å². The average Bonchev–Trinajstić information content (AvgIpc) is 3.75. The van der Waals surface area contributed by atoms with E-state index in [1.165, 1.54) is 6.26 Å². The third-order valence-electron chi connectivity index (χ3n) is 10.6. The summed E-state index contributed by atoms with van der Waals surface area (Å²) >= 11 is 0. The van der Waals surface area contributed by atoms with Crippen molar-refractivity contribution in [1.82, 2.24) is 35.0 Å². The van der Waals surface area contributed by atoms with Crippen molar-refractivity contribution in [3.8, 4) is 11.3 Å². The standard InChI is InChI=1S/C41H42N10O7S/c1-59(57,58)29-15-9-26(10-16-29)32-7-3-8-34-45-41(47-51(32)34)44-27-11-13-28(14-12-27)49-23-21-48(22-24-49)25-36(53)43-20-4-19-42-31-6-2-5-30-37(31)40(56)50(39(30)55)33-17-18-35(52)46-38(33)54/h2-3,5-16,33,42H,4,17-25H2,1H3,(H,43,53)(H,44,47)(H,46,52,54). The maximum Gasteiger partial charge on any atom is 0.264 e. The quantitative estimate of drug-likeness (QED) is 0.0998. The molecule has 1 atom stereocenters. The minimum absolute atomic E-state index is 0.0518. The van der Waals surface area contributed by atoms with E-state index in [1.807, 2.05) is 42.5 Å². The Kier molecular flexibility index (Phi) is 10.8. The largest absolute Gasteiger partial charge is 0.384 e. The van der Waals surface area contributed by atoms with Crippen LogP contribution in [0.15, 0.2) is 89.8 Å². The number of nitrogens with one attached hydrogen (secondary N) is 4. The van der Waals surface area contributed by atoms with Crippen molar-refractivity contribution in [3.05, 3.63) is 96.1 Å². The molecule has 5 heterocycles. The fraction of sp³-hybridized carbons (Fsp3) is 0.293. The average molecular weight is 819 g/mol. The number of pyridine rings is 1. The van der Waals surface area contributed by atoms with E-state index < -0.39 is 39.5 Å². The summed E-state index contributed by atoms with van der Waals surface area (Å²) in [5.74, 6) is -1.86. The minimum Gasteiger partial charge on any atom is -0.384 e. The van der Waals surface area contributed by atoms with Gasteiger partial charge in [-0.05, 0) is 73.5 Å². The van der Waals surface area contributed by atoms with Crippen molar-refractivity contribution in [1.29, 1.82) is 0 Å². The highest BCUT2D eigenvalue weighted by atomic mass is 32.2. The molecule has 304 valence electrons. The number of imide groups is 2. The predicted molar refractivity (Wildman–Crippen MR) is 219 cm³/mol. The molecular formula is C41H42N10O7S. The van der Waals surface area contributed by atoms with Crippen LogP contribution in [0.2, 0.25) is 0 Å². The molecule has 0 saturated carbocycles. The van der Waals surface area contributed by atoms with Gasteiger partial charge < -0.3 is 20.9 Å². The summed E-state index contributed by atoms with van der Waals surface area (Å²) in [4.78, 5) is 73.4. The third kappa shape index (κ3) is 8.35. The normalized spacial score (nSPS) is 17.3. The van der Waals surface area contributed by atoms with Crippen LogP contribution >= 0.6 is 0 Å². The van der Waals surface area contributed by atoms with E-state index in [-0.39, 0.29) is 41.3 Å². The number of hydrogen-bond donors (Lipinski definition) is 4. The van der Waals surface area contributed by atoms with Gasteiger partial charge >= 0.3 is 0 Å². The Labute approximate surface area is 339 Å². The van der Waals surface area contributed by atoms with Gasteiger partial charge in [0, 0.05) is 74.6 Å². The smallest absolute Gasteiger partial charge is 0.264 e. The molecule has 3 aliphatic heterocycles. The zero-order valence-corrected chi connectivity index (χ0v) is 33.0. The second-order valence-corrected chi connectivity index (χ2v) is 16.7. The summed E-state index contributed by atoms with van der Waals surface area (Å²) in [6.45, 7) is 4.10. The number of benzene rings is 3. The van der Waals surface area contributed by atoms with Gasteiger partial charge in [-0.15, -0.1) is 5.10 Å². The maximum absolute atomic E-state index is 13.3. The van der Waals surface area contributed by atoms with E-state index in [0.29, 0.717) is 36.8 Å². The summed E-state index contributed by atoms with van der Waals surface area (Å²) < 4.78 is 25.5. The fourth-order valence-corrected chi connectivity index (χ4v) is 8.19. The van der Waals surface area contributed by atoms with E-state index in [9.17, 15) is 32.4 Å². The molecule has 18 heteroatoms. The van der Waals surface area contributed by atoms with Gasteiger partial charge in [0.05, 0.1) is 28.3 Å². The first-order chi connectivity index (χ1) is 28.4. The van der Waals surface area contributed by atoms with E-state index in [1.54, 1.807) is 47.0 Å². The maximum atomic E-state index is 13.3. The van der Waals surface area contributed by atoms with Crippen molar-refractivity contribution in [2.45, 2.75) is 30.2 Å². The SMILES string of the molecule is CS(=O)(=O)c1ccc(-c2cccc3nc(Nc4ccc(N5CCN(CC(=O)NCCCNc6cccc7c6C(=O)N(C6CCC(=O)NC6=O)C7=O)CC5)cc4)nn23)cc1. The molecule has 4 N–H and O–H groups in total. The van der Waals surface area contributed by atoms with Crippen LogP contribution in [-0.2, 0) is 24.2 Å². The van der Waals surface area contributed by atoms with Crippen molar-refractivity contribution < 1.29 is 32.4 Å². The first-order valence-electron chi connectivity index (χ1n) is 19.3. The molecule has 0 bridgehead atoms. The number of anilines is 4. The Morgan fingerprint density at radius 3 is 2.34 bits per heavy atom. The first kappa shape index (κ1) is 39.2. The number of nitrogens with zero attached hydrogens (tertiary/aromatic N) is 6. The Hall–Kier alpha value is -6.66. The van der Waals surface area contributed by atoms with Crippen molar-refractivity contribution in [2.24, 2.45) is 0 Å². The van der Waals surface area contributed by atoms with Crippen LogP contribution in [0.25, 0.3) is 16.9 Å². The minimum atomic E-state index is -3.30. The number of piperidine rings is 1. The number of sulfone groups is 1. The summed E-state index contributed by atoms with van der Waals surface area (Å²) in [6.07, 6.45) is 1.90. The van der Waals surface area contributed by atoms with E-state index in [0.717, 1.165) is 53.7 Å². The number of carbonyl (C=O) groups excluding carboxylic acids is 5. The number of rotatable bonds is 13. The van der Waals surface area contributed by atoms with Gasteiger partial charge in [0.2, 0.25) is 23.7 Å². The number of piperazine rings is 1. The molecular weight excluding hydrogens is 777 g/mol. The number of hydrogen-bond acceptors (Lipinski definition) is 13. The lowest BCUT2D eigenvalue weighted by Crippen LogP contribution is -2.54. The van der Waals surface area contributed by atoms with Crippen molar-refractivity contribution in [2.75, 3.05) is 67.6 Å². The molecule has 0 radical (unpaired) electrons. The second-order valence-electron chi connectivity index (χ2n) is 14.7. The Bertz CT molecular complexity index is 2570. The highest BCUT2D eigenvalue weighted by Crippen LogP contribution is 2.32. The van der Waals surface area contributed by atoms with Crippen molar-refractivity contribution in [3.63, 3.8) is 0 Å². The van der Waals surface area contributed by atoms with Crippen LogP contribution in [0.4, 0.5) is 23.0 Å². The molecule has 17 nitrogen and oxygen atoms in total. The third-order valence-corrected chi connectivity index (χ3v) is 11.8. The van der Waals surface area contributed by atoms with Gasteiger partial charge in [-0.25, -0.2) is 12.9 Å². The lowest BCUT2D eigenvalue weighted by Gasteiger charge is -2.35. The zero-order chi connectivity index (χ0) is 41.3. The van der Waals surface area contributed by atoms with Crippen molar-refractivity contribution >= 4 is 68.0 Å². The lowest BCUT2D eigenvalue weighted by molar-refractivity contribution is -0.136. The molecule has 2 aromatic heterocycles. The number of amides is 5. The monoisotopic (exact) mass is 818 g/mol. The molecule has 2 fully saturated rings. The highest BCUT2D eigenvalue weighted by Gasteiger charge is 2.45. The molecule has 0 aliphatic carbocycles. The predicted octanol–water partition coefficient (Wildman–Crippen LogP) is 2.69. The van der Waals surface area contributed by atoms with Gasteiger partial charge in [0.15, 0.2) is 15.5 Å². The molecule has 0 spiro atoms. The molecule has 3 aliphatic rings. The summed E-state index contributed by atoms with van der Waals surface area (Å²) in [6, 6.07) is 24.2. The van der Waals surface area contributed by atoms with E-state index in [2.05, 4.69) is 41.1 Å². The van der Waals surface area contributed by atoms with Gasteiger partial charge in [-0.2, -0.15) is 4.98 Å². The number of carbonyl (C=O) groups is 5. The molecule has 8 rings (SSSR count). The topological polar surface area (TPSA) is 208 Å². The van der Waals surface area contributed by atoms with Crippen LogP contribution in [0, 0.1) is 0 Å². The molecule has 5 amide bonds. The number of fused-ring (bicyclic) bond motifs is 2. The molecule has 1 unspecified atom stereocenters. The number of aromatic nitrogens is 3. The summed E-state index contributed by atoms with van der Waals surface area (Å²) in [5, 5.41) is 16.3. The van der Waals surface area contributed by atoms with Crippen LogP contribution in [0.5, 0.6) is 0 Å². The van der Waals surface area contributed by atoms with Gasteiger partial charge in [-0.1, -0.05) is 24.3 Å². The molecule has 59 heavy (non-hydrogen) atoms. The molecule has 5 aromatic rings. The Balaban J connectivity index is 0.770. The second kappa shape index (κ2) is 16.3. The van der Waals surface area contributed by atoms with Crippen LogP contribution in [-0.4, -0.2) is 120 Å². The van der Waals surface area contributed by atoms with Crippen LogP contribution < -0.4 is 26.2 Å². The highest BCUT2D eigenvalue weighted by molar-refractivity contribution is 7.90. The van der Waals surface area contributed by atoms with Gasteiger partial charge in [0.1, 0.15) is 6.04 Å². The fourth-order valence-electron chi connectivity index (χ4n) is 7.56. The van der Waals surface area contributed by atoms with Gasteiger partial charge in [0.25, 0.3) is 11.8 Å². The molecule has 2 saturated heterocycles. The first-order valence-corrected chi connectivity index (χ1v) is 21.2. The summed E-state index contributed by atoms with van der Waals surface area (Å²) in [5.41, 5.74) is 5.00. The summed E-state index contributed by atoms with van der Waals surface area (Å²) in [7, 11) is -3.30. The van der Waals surface area contributed by atoms with Crippen LogP contribution in [0.3, 0.4) is 0 Å². The van der Waals surface area contributed by atoms with Crippen LogP contribution in [0.1, 0.15) is 40.0 Å². The van der Waals surface area contributed by atoms with E-state index in [4.69, 9.17) is 0 Å².